The van der Waals surface area contributed by atoms with E-state index in [-0.39, 0.29) is 5.56 Å². The molecule has 1 heterocycles. The van der Waals surface area contributed by atoms with Gasteiger partial charge in [0.2, 0.25) is 0 Å². The molecule has 0 atom stereocenters. The molecule has 1 aromatic heterocycles. The second kappa shape index (κ2) is 5.53. The van der Waals surface area contributed by atoms with E-state index in [4.69, 9.17) is 14.9 Å². The molecule has 5 nitrogen and oxygen atoms in total. The highest BCUT2D eigenvalue weighted by atomic mass is 16.5. The van der Waals surface area contributed by atoms with E-state index in [1.165, 1.54) is 5.56 Å². The first-order chi connectivity index (χ1) is 11.7. The zero-order valence-electron chi connectivity index (χ0n) is 13.2. The quantitative estimate of drug-likeness (QED) is 0.804. The summed E-state index contributed by atoms with van der Waals surface area (Å²) in [5.41, 5.74) is 5.37. The second-order valence-corrected chi connectivity index (χ2v) is 5.79. The number of hydrogen-bond donors (Lipinski definition) is 1. The van der Waals surface area contributed by atoms with Crippen LogP contribution in [0.3, 0.4) is 0 Å². The first kappa shape index (κ1) is 14.5. The van der Waals surface area contributed by atoms with Gasteiger partial charge in [0, 0.05) is 17.3 Å². The Bertz CT molecular complexity index is 944. The van der Waals surface area contributed by atoms with E-state index in [1.54, 1.807) is 30.0 Å². The molecule has 1 aliphatic rings. The van der Waals surface area contributed by atoms with Crippen molar-refractivity contribution in [2.24, 2.45) is 0 Å². The summed E-state index contributed by atoms with van der Waals surface area (Å²) in [7, 11) is 1.68. The Balaban J connectivity index is 1.82. The van der Waals surface area contributed by atoms with Crippen LogP contribution in [0.2, 0.25) is 0 Å². The molecule has 120 valence electrons. The molecule has 0 radical (unpaired) electrons. The largest absolute Gasteiger partial charge is 0.496 e. The molecule has 0 saturated carbocycles. The number of nitrogens with zero attached hydrogens (tertiary/aromatic N) is 2. The lowest BCUT2D eigenvalue weighted by Crippen LogP contribution is -2.04. The maximum absolute atomic E-state index is 11.2. The molecule has 2 aromatic carbocycles. The number of carboxylic acid groups (broad SMARTS) is 1. The van der Waals surface area contributed by atoms with E-state index in [2.05, 4.69) is 6.07 Å². The van der Waals surface area contributed by atoms with Crippen molar-refractivity contribution < 1.29 is 14.6 Å². The fraction of sp³-hybridized carbons (Fsp3) is 0.158. The summed E-state index contributed by atoms with van der Waals surface area (Å²) in [6.07, 6.45) is 3.78. The summed E-state index contributed by atoms with van der Waals surface area (Å²) in [4.78, 5) is 11.2. The topological polar surface area (TPSA) is 64.3 Å². The highest BCUT2D eigenvalue weighted by Gasteiger charge is 2.22. The van der Waals surface area contributed by atoms with Crippen molar-refractivity contribution >= 4 is 5.97 Å². The van der Waals surface area contributed by atoms with E-state index in [0.29, 0.717) is 0 Å². The molecular weight excluding hydrogens is 304 g/mol. The maximum atomic E-state index is 11.2. The van der Waals surface area contributed by atoms with E-state index in [9.17, 15) is 4.79 Å². The Kier molecular flexibility index (Phi) is 3.34. The number of fused-ring (bicyclic) bond motifs is 3. The van der Waals surface area contributed by atoms with Gasteiger partial charge in [-0.05, 0) is 42.7 Å². The minimum Gasteiger partial charge on any atom is -0.496 e. The van der Waals surface area contributed by atoms with Gasteiger partial charge >= 0.3 is 5.97 Å². The third-order valence-corrected chi connectivity index (χ3v) is 4.40. The van der Waals surface area contributed by atoms with Crippen molar-refractivity contribution in [3.05, 3.63) is 65.4 Å². The smallest absolute Gasteiger partial charge is 0.335 e. The van der Waals surface area contributed by atoms with Crippen LogP contribution in [0.4, 0.5) is 0 Å². The summed E-state index contributed by atoms with van der Waals surface area (Å²) in [6.45, 7) is 0. The van der Waals surface area contributed by atoms with E-state index in [0.717, 1.165) is 41.1 Å². The van der Waals surface area contributed by atoms with Gasteiger partial charge in [0.1, 0.15) is 5.75 Å². The molecule has 1 aliphatic carbocycles. The molecule has 0 aliphatic heterocycles. The van der Waals surface area contributed by atoms with Crippen LogP contribution in [0.15, 0.2) is 48.7 Å². The number of aromatic nitrogens is 2. The van der Waals surface area contributed by atoms with Crippen molar-refractivity contribution in [3.63, 3.8) is 0 Å². The minimum absolute atomic E-state index is 0.253. The van der Waals surface area contributed by atoms with Crippen LogP contribution in [-0.2, 0) is 12.8 Å². The molecule has 0 spiro atoms. The molecule has 24 heavy (non-hydrogen) atoms. The predicted octanol–water partition coefficient (Wildman–Crippen LogP) is 3.34. The number of carbonyl (C=O) groups is 1. The molecule has 0 amide bonds. The van der Waals surface area contributed by atoms with Gasteiger partial charge in [-0.15, -0.1) is 0 Å². The Morgan fingerprint density at radius 1 is 1.21 bits per heavy atom. The Morgan fingerprint density at radius 3 is 2.83 bits per heavy atom. The zero-order chi connectivity index (χ0) is 16.7. The first-order valence-corrected chi connectivity index (χ1v) is 7.76. The van der Waals surface area contributed by atoms with Crippen LogP contribution < -0.4 is 4.74 Å². The highest BCUT2D eigenvalue weighted by molar-refractivity contribution is 5.88. The van der Waals surface area contributed by atoms with Crippen molar-refractivity contribution in [1.82, 2.24) is 9.78 Å². The molecule has 0 unspecified atom stereocenters. The Hall–Kier alpha value is -3.08. The lowest BCUT2D eigenvalue weighted by molar-refractivity contribution is 0.0697. The molecule has 5 heteroatoms. The predicted molar refractivity (Wildman–Crippen MR) is 89.9 cm³/mol. The van der Waals surface area contributed by atoms with Crippen molar-refractivity contribution in [1.29, 1.82) is 0 Å². The van der Waals surface area contributed by atoms with Gasteiger partial charge in [-0.3, -0.25) is 0 Å². The van der Waals surface area contributed by atoms with Gasteiger partial charge in [-0.2, -0.15) is 5.10 Å². The fourth-order valence-electron chi connectivity index (χ4n) is 3.23. The molecule has 1 N–H and O–H groups in total. The number of ether oxygens (including phenoxy) is 1. The summed E-state index contributed by atoms with van der Waals surface area (Å²) in [5.74, 6) is -0.0515. The van der Waals surface area contributed by atoms with E-state index >= 15 is 0 Å². The van der Waals surface area contributed by atoms with Crippen LogP contribution in [0.25, 0.3) is 16.9 Å². The summed E-state index contributed by atoms with van der Waals surface area (Å²) < 4.78 is 7.22. The lowest BCUT2D eigenvalue weighted by Gasteiger charge is -2.17. The monoisotopic (exact) mass is 320 g/mol. The number of methoxy groups -OCH3 is 1. The average molecular weight is 320 g/mol. The van der Waals surface area contributed by atoms with Crippen LogP contribution in [0, 0.1) is 0 Å². The molecule has 0 fully saturated rings. The first-order valence-electron chi connectivity index (χ1n) is 7.76. The van der Waals surface area contributed by atoms with Crippen LogP contribution >= 0.6 is 0 Å². The second-order valence-electron chi connectivity index (χ2n) is 5.79. The zero-order valence-corrected chi connectivity index (χ0v) is 13.2. The van der Waals surface area contributed by atoms with Gasteiger partial charge in [0.05, 0.1) is 24.1 Å². The van der Waals surface area contributed by atoms with Crippen molar-refractivity contribution in [3.8, 4) is 22.7 Å². The highest BCUT2D eigenvalue weighted by Crippen LogP contribution is 2.37. The summed E-state index contributed by atoms with van der Waals surface area (Å²) in [6, 6.07) is 12.8. The molecule has 4 rings (SSSR count). The molecular formula is C19H16N2O3. The van der Waals surface area contributed by atoms with Crippen LogP contribution in [-0.4, -0.2) is 28.0 Å². The van der Waals surface area contributed by atoms with Crippen molar-refractivity contribution in [2.75, 3.05) is 7.11 Å². The number of rotatable bonds is 3. The molecule has 0 saturated heterocycles. The Labute approximate surface area is 139 Å². The number of aromatic carboxylic acids is 1. The Morgan fingerprint density at radius 2 is 2.04 bits per heavy atom. The minimum atomic E-state index is -0.941. The molecule has 3 aromatic rings. The van der Waals surface area contributed by atoms with Gasteiger partial charge in [0.15, 0.2) is 0 Å². The third kappa shape index (κ3) is 2.25. The number of aryl methyl sites for hydroxylation is 1. The normalized spacial score (nSPS) is 12.4. The summed E-state index contributed by atoms with van der Waals surface area (Å²) in [5, 5.41) is 13.9. The average Bonchev–Trinajstić information content (AvgIpc) is 3.06. The number of hydrogen-bond acceptors (Lipinski definition) is 3. The standard InChI is InChI=1S/C19H16N2O3/c1-24-17-7-3-6-16-15(17)9-8-13-11-21(20-18(13)16)14-5-2-4-12(10-14)19(22)23/h2-7,10-11H,8-9H2,1H3,(H,22,23). The third-order valence-electron chi connectivity index (χ3n) is 4.40. The van der Waals surface area contributed by atoms with Crippen LogP contribution in [0.1, 0.15) is 21.5 Å². The van der Waals surface area contributed by atoms with Gasteiger partial charge in [-0.1, -0.05) is 18.2 Å². The van der Waals surface area contributed by atoms with E-state index < -0.39 is 5.97 Å². The SMILES string of the molecule is COc1cccc2c1CCc1cn(-c3cccc(C(=O)O)c3)nc1-2. The molecule has 0 bridgehead atoms. The van der Waals surface area contributed by atoms with Gasteiger partial charge in [-0.25, -0.2) is 9.48 Å². The van der Waals surface area contributed by atoms with E-state index in [1.807, 2.05) is 24.4 Å². The van der Waals surface area contributed by atoms with Crippen molar-refractivity contribution in [2.45, 2.75) is 12.8 Å². The lowest BCUT2D eigenvalue weighted by atomic mass is 9.90. The maximum Gasteiger partial charge on any atom is 0.335 e. The number of carboxylic acids is 1. The fourth-order valence-corrected chi connectivity index (χ4v) is 3.23. The van der Waals surface area contributed by atoms with Gasteiger partial charge in [0.25, 0.3) is 0 Å². The van der Waals surface area contributed by atoms with Gasteiger partial charge < -0.3 is 9.84 Å². The summed E-state index contributed by atoms with van der Waals surface area (Å²) >= 11 is 0. The van der Waals surface area contributed by atoms with Crippen LogP contribution in [0.5, 0.6) is 5.75 Å². The number of benzene rings is 2.